The third-order valence-corrected chi connectivity index (χ3v) is 3.91. The molecule has 2 aromatic carbocycles. The van der Waals surface area contributed by atoms with E-state index in [1.807, 2.05) is 65.6 Å². The fraction of sp³-hybridized carbons (Fsp3) is 0.316. The summed E-state index contributed by atoms with van der Waals surface area (Å²) in [5, 5.41) is 0. The summed E-state index contributed by atoms with van der Waals surface area (Å²) >= 11 is 0. The zero-order chi connectivity index (χ0) is 15.9. The van der Waals surface area contributed by atoms with Crippen LogP contribution in [0.25, 0.3) is 0 Å². The third-order valence-electron chi connectivity index (χ3n) is 3.91. The Balaban J connectivity index is 1.58. The lowest BCUT2D eigenvalue weighted by Crippen LogP contribution is -2.50. The van der Waals surface area contributed by atoms with Gasteiger partial charge in [0.25, 0.3) is 0 Å². The molecule has 0 N–H and O–H groups in total. The van der Waals surface area contributed by atoms with E-state index >= 15 is 0 Å². The van der Waals surface area contributed by atoms with Crippen LogP contribution < -0.4 is 0 Å². The highest BCUT2D eigenvalue weighted by molar-refractivity contribution is 5.78. The van der Waals surface area contributed by atoms with Gasteiger partial charge in [0, 0.05) is 6.54 Å². The highest BCUT2D eigenvalue weighted by Gasteiger charge is 2.28. The van der Waals surface area contributed by atoms with E-state index in [1.165, 1.54) is 0 Å². The van der Waals surface area contributed by atoms with Crippen molar-refractivity contribution in [2.45, 2.75) is 19.2 Å². The molecule has 1 aliphatic heterocycles. The molecule has 0 aliphatic carbocycles. The summed E-state index contributed by atoms with van der Waals surface area (Å²) < 4.78 is 11.2. The minimum atomic E-state index is -0.0415. The van der Waals surface area contributed by atoms with Gasteiger partial charge in [0.1, 0.15) is 6.61 Å². The zero-order valence-electron chi connectivity index (χ0n) is 13.1. The molecule has 23 heavy (non-hydrogen) atoms. The van der Waals surface area contributed by atoms with Gasteiger partial charge >= 0.3 is 0 Å². The van der Waals surface area contributed by atoms with E-state index in [4.69, 9.17) is 9.47 Å². The summed E-state index contributed by atoms with van der Waals surface area (Å²) in [6, 6.07) is 20.0. The molecule has 0 spiro atoms. The number of nitrogens with zero attached hydrogens (tertiary/aromatic N) is 1. The number of hydrogen-bond acceptors (Lipinski definition) is 3. The van der Waals surface area contributed by atoms with Gasteiger partial charge in [-0.25, -0.2) is 0 Å². The molecule has 1 amide bonds. The first-order chi connectivity index (χ1) is 11.3. The molecule has 0 unspecified atom stereocenters. The molecule has 4 heteroatoms. The zero-order valence-corrected chi connectivity index (χ0v) is 13.1. The van der Waals surface area contributed by atoms with E-state index in [2.05, 4.69) is 0 Å². The van der Waals surface area contributed by atoms with Gasteiger partial charge in [-0.3, -0.25) is 4.79 Å². The number of benzene rings is 2. The molecular formula is C19H21NO3. The van der Waals surface area contributed by atoms with Crippen LogP contribution in [0.2, 0.25) is 0 Å². The first-order valence-corrected chi connectivity index (χ1v) is 7.86. The first kappa shape index (κ1) is 15.7. The summed E-state index contributed by atoms with van der Waals surface area (Å²) in [5.41, 5.74) is 2.25. The average Bonchev–Trinajstić information content (AvgIpc) is 2.60. The normalized spacial score (nSPS) is 18.2. The second-order valence-electron chi connectivity index (χ2n) is 5.68. The molecule has 1 atom stereocenters. The second-order valence-corrected chi connectivity index (χ2v) is 5.68. The van der Waals surface area contributed by atoms with Gasteiger partial charge in [-0.2, -0.15) is 0 Å². The van der Waals surface area contributed by atoms with Gasteiger partial charge in [-0.15, -0.1) is 0 Å². The third kappa shape index (κ3) is 4.41. The molecule has 3 rings (SSSR count). The van der Waals surface area contributed by atoms with Crippen molar-refractivity contribution in [2.75, 3.05) is 19.8 Å². The average molecular weight is 311 g/mol. The van der Waals surface area contributed by atoms with Gasteiger partial charge in [-0.1, -0.05) is 60.7 Å². The van der Waals surface area contributed by atoms with Crippen LogP contribution >= 0.6 is 0 Å². The number of ether oxygens (including phenoxy) is 2. The smallest absolute Gasteiger partial charge is 0.249 e. The molecule has 0 radical (unpaired) electrons. The van der Waals surface area contributed by atoms with Crippen molar-refractivity contribution < 1.29 is 14.3 Å². The molecular weight excluding hydrogens is 290 g/mol. The quantitative estimate of drug-likeness (QED) is 0.823. The van der Waals surface area contributed by atoms with Crippen LogP contribution in [0.3, 0.4) is 0 Å². The molecule has 120 valence electrons. The van der Waals surface area contributed by atoms with E-state index in [0.29, 0.717) is 26.4 Å². The lowest BCUT2D eigenvalue weighted by atomic mass is 10.1. The predicted molar refractivity (Wildman–Crippen MR) is 87.7 cm³/mol. The SMILES string of the molecule is O=C1COC[C@@H](COCc2ccccc2)N1Cc1ccccc1. The van der Waals surface area contributed by atoms with Crippen LogP contribution in [0.4, 0.5) is 0 Å². The van der Waals surface area contributed by atoms with E-state index in [1.54, 1.807) is 0 Å². The molecule has 1 aliphatic rings. The maximum Gasteiger partial charge on any atom is 0.249 e. The summed E-state index contributed by atoms with van der Waals surface area (Å²) in [5.74, 6) is 0.0217. The summed E-state index contributed by atoms with van der Waals surface area (Å²) in [6.07, 6.45) is 0. The maximum atomic E-state index is 12.2. The Morgan fingerprint density at radius 3 is 2.35 bits per heavy atom. The lowest BCUT2D eigenvalue weighted by molar-refractivity contribution is -0.152. The van der Waals surface area contributed by atoms with Crippen LogP contribution in [-0.4, -0.2) is 36.7 Å². The monoisotopic (exact) mass is 311 g/mol. The van der Waals surface area contributed by atoms with Crippen molar-refractivity contribution >= 4 is 5.91 Å². The van der Waals surface area contributed by atoms with E-state index in [9.17, 15) is 4.79 Å². The minimum absolute atomic E-state index is 0.0217. The van der Waals surface area contributed by atoms with Gasteiger partial charge < -0.3 is 14.4 Å². The number of carbonyl (C=O) groups is 1. The van der Waals surface area contributed by atoms with Gasteiger partial charge in [0.05, 0.1) is 25.9 Å². The largest absolute Gasteiger partial charge is 0.375 e. The van der Waals surface area contributed by atoms with Crippen molar-refractivity contribution in [3.63, 3.8) is 0 Å². The number of hydrogen-bond donors (Lipinski definition) is 0. The van der Waals surface area contributed by atoms with Crippen LogP contribution in [0, 0.1) is 0 Å². The lowest BCUT2D eigenvalue weighted by Gasteiger charge is -2.35. The molecule has 0 aromatic heterocycles. The fourth-order valence-corrected chi connectivity index (χ4v) is 2.68. The van der Waals surface area contributed by atoms with Crippen molar-refractivity contribution in [1.82, 2.24) is 4.90 Å². The molecule has 0 saturated carbocycles. The highest BCUT2D eigenvalue weighted by atomic mass is 16.5. The Hall–Kier alpha value is -2.17. The number of rotatable bonds is 6. The van der Waals surface area contributed by atoms with Crippen molar-refractivity contribution in [1.29, 1.82) is 0 Å². The van der Waals surface area contributed by atoms with Crippen molar-refractivity contribution in [3.8, 4) is 0 Å². The Morgan fingerprint density at radius 1 is 1.00 bits per heavy atom. The summed E-state index contributed by atoms with van der Waals surface area (Å²) in [7, 11) is 0. The van der Waals surface area contributed by atoms with Crippen LogP contribution in [-0.2, 0) is 27.4 Å². The molecule has 1 heterocycles. The number of carbonyl (C=O) groups excluding carboxylic acids is 1. The van der Waals surface area contributed by atoms with Crippen LogP contribution in [0.15, 0.2) is 60.7 Å². The highest BCUT2D eigenvalue weighted by Crippen LogP contribution is 2.14. The molecule has 1 fully saturated rings. The number of morpholine rings is 1. The first-order valence-electron chi connectivity index (χ1n) is 7.86. The molecule has 4 nitrogen and oxygen atoms in total. The van der Waals surface area contributed by atoms with E-state index in [-0.39, 0.29) is 18.6 Å². The minimum Gasteiger partial charge on any atom is -0.375 e. The van der Waals surface area contributed by atoms with Crippen LogP contribution in [0.1, 0.15) is 11.1 Å². The maximum absolute atomic E-state index is 12.2. The predicted octanol–water partition coefficient (Wildman–Crippen LogP) is 2.63. The van der Waals surface area contributed by atoms with Crippen LogP contribution in [0.5, 0.6) is 0 Å². The van der Waals surface area contributed by atoms with E-state index in [0.717, 1.165) is 11.1 Å². The Bertz CT molecular complexity index is 615. The van der Waals surface area contributed by atoms with E-state index < -0.39 is 0 Å². The summed E-state index contributed by atoms with van der Waals surface area (Å²) in [6.45, 7) is 2.30. The van der Waals surface area contributed by atoms with Crippen molar-refractivity contribution in [3.05, 3.63) is 71.8 Å². The standard InChI is InChI=1S/C19H21NO3/c21-19-15-23-14-18(13-22-12-17-9-5-2-6-10-17)20(19)11-16-7-3-1-4-8-16/h1-10,18H,11-15H2/t18-/m1/s1. The topological polar surface area (TPSA) is 38.8 Å². The number of amides is 1. The summed E-state index contributed by atoms with van der Waals surface area (Å²) in [4.78, 5) is 14.1. The fourth-order valence-electron chi connectivity index (χ4n) is 2.68. The van der Waals surface area contributed by atoms with Gasteiger partial charge in [-0.05, 0) is 11.1 Å². The van der Waals surface area contributed by atoms with Gasteiger partial charge in [0.2, 0.25) is 5.91 Å². The second kappa shape index (κ2) is 7.90. The molecule has 0 bridgehead atoms. The Labute approximate surface area is 136 Å². The van der Waals surface area contributed by atoms with Crippen molar-refractivity contribution in [2.24, 2.45) is 0 Å². The Kier molecular flexibility index (Phi) is 5.40. The van der Waals surface area contributed by atoms with Gasteiger partial charge in [0.15, 0.2) is 0 Å². The molecule has 2 aromatic rings. The molecule has 1 saturated heterocycles. The Morgan fingerprint density at radius 2 is 1.65 bits per heavy atom.